The molecule has 17 rings (SSSR count). The molecule has 16 N–H and O–H groups in total. The van der Waals surface area contributed by atoms with Crippen molar-refractivity contribution in [2.45, 2.75) is 159 Å². The molecule has 0 radical (unpaired) electrons. The van der Waals surface area contributed by atoms with Gasteiger partial charge in [0.05, 0.1) is 132 Å². The highest BCUT2D eigenvalue weighted by molar-refractivity contribution is 9.11. The lowest BCUT2D eigenvalue weighted by Crippen LogP contribution is -2.24. The van der Waals surface area contributed by atoms with E-state index in [1.807, 2.05) is 68.7 Å². The minimum Gasteiger partial charge on any atom is -0.396 e. The van der Waals surface area contributed by atoms with Crippen LogP contribution in [0.3, 0.4) is 0 Å². The van der Waals surface area contributed by atoms with Gasteiger partial charge in [-0.1, -0.05) is 64.9 Å². The summed E-state index contributed by atoms with van der Waals surface area (Å²) in [6.45, 7) is 3.99. The van der Waals surface area contributed by atoms with Crippen LogP contribution in [0.15, 0.2) is 102 Å². The summed E-state index contributed by atoms with van der Waals surface area (Å²) in [6, 6.07) is 8.14. The van der Waals surface area contributed by atoms with Crippen molar-refractivity contribution in [2.75, 3.05) is 53.2 Å². The van der Waals surface area contributed by atoms with Crippen molar-refractivity contribution in [3.8, 4) is 0 Å². The molecule has 0 aliphatic heterocycles. The zero-order valence-corrected chi connectivity index (χ0v) is 81.3. The highest BCUT2D eigenvalue weighted by Crippen LogP contribution is 2.52. The van der Waals surface area contributed by atoms with Crippen molar-refractivity contribution in [2.24, 2.45) is 28.7 Å². The molecule has 2 aliphatic rings. The van der Waals surface area contributed by atoms with Crippen molar-refractivity contribution in [3.05, 3.63) is 188 Å². The number of anilines is 5. The van der Waals surface area contributed by atoms with E-state index in [2.05, 4.69) is 131 Å². The third-order valence-electron chi connectivity index (χ3n) is 19.0. The van der Waals surface area contributed by atoms with Gasteiger partial charge in [0.1, 0.15) is 64.2 Å². The number of nitrogens with one attached hydrogen (secondary N) is 5. The summed E-state index contributed by atoms with van der Waals surface area (Å²) in [4.78, 5) is 49.6. The number of fused-ring (bicyclic) bond motifs is 5. The van der Waals surface area contributed by atoms with Crippen LogP contribution < -0.4 is 55.3 Å². The Morgan fingerprint density at radius 2 is 0.645 bits per heavy atom. The number of aliphatic hydroxyl groups excluding tert-OH is 1. The molecular weight excluding hydrogens is 2040 g/mol. The van der Waals surface area contributed by atoms with E-state index < -0.39 is 32.1 Å². The number of aliphatic hydroxyl groups is 1. The molecule has 0 spiro atoms. The molecule has 2 saturated carbocycles. The van der Waals surface area contributed by atoms with Gasteiger partial charge < -0.3 is 60.4 Å². The number of hydrogen-bond donors (Lipinski definition) is 11. The Morgan fingerprint density at radius 3 is 0.901 bits per heavy atom. The minimum atomic E-state index is -0.552. The average Bonchev–Trinajstić information content (AvgIpc) is 1.60. The molecule has 21 nitrogen and oxygen atoms in total. The molecule has 2 aliphatic carbocycles. The number of thiazole rings is 5. The smallest absolute Gasteiger partial charge is 0.131 e. The van der Waals surface area contributed by atoms with Gasteiger partial charge in [0.25, 0.3) is 0 Å². The fourth-order valence-electron chi connectivity index (χ4n) is 12.8. The summed E-state index contributed by atoms with van der Waals surface area (Å²) in [5.41, 5.74) is 41.7. The van der Waals surface area contributed by atoms with Crippen LogP contribution in [0.2, 0.25) is 25.8 Å². The van der Waals surface area contributed by atoms with E-state index in [0.717, 1.165) is 158 Å². The number of rotatable bonds is 34. The number of pyridine rings is 5. The lowest BCUT2D eigenvalue weighted by atomic mass is 10.0. The van der Waals surface area contributed by atoms with Gasteiger partial charge in [-0.3, -0.25) is 4.39 Å². The Hall–Kier alpha value is -4.86. The molecule has 42 heteroatoms. The second-order valence-corrected chi connectivity index (χ2v) is 43.0. The van der Waals surface area contributed by atoms with E-state index in [0.29, 0.717) is 109 Å². The highest BCUT2D eigenvalue weighted by Gasteiger charge is 2.34. The molecule has 642 valence electrons. The first-order valence-electron chi connectivity index (χ1n) is 38.3. The number of nitrogens with two attached hydrogens (primary N) is 5. The molecule has 15 aromatic heterocycles. The standard InChI is InChI=1S/C18H21ClN4S2.C17H18ClFN4S2.C15H15BrClFN4S2.C15H16BrClN4OS2.C14H13BrClFN4S2/c1-2-11(20)7-13-16(10-3-4-10)17-18(25-13)12(8-14(19)23-17)22-9-15-21-5-6-24-15;18-13-6-11(22-8-14-21-3-4-24-14)17-16(23-13)15(9-1-2-9)12(25-17)5-10(20)7-19;16-13-10(5-8(19)1-2-18)24-15-9(6-11(17)22-14(13)15)21-7-12-20-3-4-23-12;16-13-10(5-8(18)1-3-22)24-15-9(6-11(17)21-14(13)15)20-7-12-19-2-4-23-12;15-12-9(3-7(18)5-17)23-14-8(4-10(16)21-13(12)14)20-6-11-19-1-2-22-11/h5-6,8,10-11H,2-4,7,9,20H2,1H3,(H,22,23);3-4,6,9-10H,1-2,5,7-8,20H2,(H,22,23);3-4,6,8H,1-2,5,7,19H2,(H,21,22);2,4,6,8,22H,1,3,5,7,18H2,(H,20,21);1-2,4,7H,3,5-6,18H2,(H,20,21)/t11-;10-;2*8-;7-/m01001/s1. The van der Waals surface area contributed by atoms with E-state index in [1.165, 1.54) is 33.5 Å². The van der Waals surface area contributed by atoms with E-state index in [4.69, 9.17) is 91.8 Å². The molecule has 5 atom stereocenters. The molecule has 2 fully saturated rings. The summed E-state index contributed by atoms with van der Waals surface area (Å²) in [5.74, 6) is 1.14. The van der Waals surface area contributed by atoms with E-state index in [-0.39, 0.29) is 24.7 Å². The molecule has 15 aromatic rings. The molecule has 15 heterocycles. The molecule has 121 heavy (non-hydrogen) atoms. The second kappa shape index (κ2) is 45.2. The van der Waals surface area contributed by atoms with Gasteiger partial charge in [-0.15, -0.1) is 113 Å². The van der Waals surface area contributed by atoms with E-state index in [1.54, 1.807) is 133 Å². The maximum Gasteiger partial charge on any atom is 0.131 e. The van der Waals surface area contributed by atoms with Gasteiger partial charge in [-0.2, -0.15) is 0 Å². The van der Waals surface area contributed by atoms with Crippen molar-refractivity contribution >= 4 is 299 Å². The fraction of sp³-hybridized carbons (Fsp3) is 0.367. The van der Waals surface area contributed by atoms with Crippen molar-refractivity contribution in [1.29, 1.82) is 0 Å². The van der Waals surface area contributed by atoms with Crippen molar-refractivity contribution in [3.63, 3.8) is 0 Å². The van der Waals surface area contributed by atoms with Crippen LogP contribution in [0.25, 0.3) is 51.1 Å². The molecule has 0 unspecified atom stereocenters. The number of aromatic nitrogens is 10. The normalized spacial score (nSPS) is 13.9. The Bertz CT molecular complexity index is 5570. The Morgan fingerprint density at radius 1 is 0.388 bits per heavy atom. The van der Waals surface area contributed by atoms with Crippen LogP contribution in [-0.2, 0) is 64.8 Å². The largest absolute Gasteiger partial charge is 0.396 e. The SMILES string of the molecule is CC[C@H](N)Cc1sc2c(NCc3nccs3)cc(Cl)nc2c1C1CC1.N[C@@H](CCF)Cc1sc2c(NCc3nccs3)cc(Cl)nc2c1Br.N[C@@H](CCO)Cc1sc2c(NCc3nccs3)cc(Cl)nc2c1Br.N[C@@H](CF)Cc1sc2c(NCc3nccs3)cc(Cl)nc2c1Br.N[C@@H](CF)Cc1sc2c(NCc3nccs3)cc(Cl)nc2c1C1CC1. The van der Waals surface area contributed by atoms with Gasteiger partial charge in [0.15, 0.2) is 0 Å². The predicted octanol–water partition coefficient (Wildman–Crippen LogP) is 23.6. The fourth-order valence-corrected chi connectivity index (χ4v) is 25.5. The van der Waals surface area contributed by atoms with Gasteiger partial charge in [-0.25, -0.2) is 58.6 Å². The lowest BCUT2D eigenvalue weighted by Gasteiger charge is -2.08. The first kappa shape index (κ1) is 93.8. The molecular formula is C79H83Br3Cl5F3N20OS10. The highest BCUT2D eigenvalue weighted by atomic mass is 79.9. The van der Waals surface area contributed by atoms with Crippen molar-refractivity contribution in [1.82, 2.24) is 49.8 Å². The lowest BCUT2D eigenvalue weighted by molar-refractivity contribution is 0.275. The number of thiophene rings is 5. The van der Waals surface area contributed by atoms with Gasteiger partial charge in [0.2, 0.25) is 0 Å². The monoisotopic (exact) mass is 2120 g/mol. The first-order valence-corrected chi connectivity index (χ1v) is 51.0. The quantitative estimate of drug-likeness (QED) is 0.0167. The van der Waals surface area contributed by atoms with Crippen LogP contribution in [0.1, 0.15) is 124 Å². The summed E-state index contributed by atoms with van der Waals surface area (Å²) in [7, 11) is 0. The zero-order valence-electron chi connectivity index (χ0n) is 64.6. The summed E-state index contributed by atoms with van der Waals surface area (Å²) >= 11 is 58.2. The average molecular weight is 2120 g/mol. The predicted molar refractivity (Wildman–Crippen MR) is 520 cm³/mol. The van der Waals surface area contributed by atoms with Crippen LogP contribution in [0, 0.1) is 0 Å². The van der Waals surface area contributed by atoms with Crippen LogP contribution in [0.5, 0.6) is 0 Å². The third kappa shape index (κ3) is 25.3. The maximum absolute atomic E-state index is 12.9. The van der Waals surface area contributed by atoms with Crippen molar-refractivity contribution < 1.29 is 18.3 Å². The first-order chi connectivity index (χ1) is 58.5. The number of hydrogen-bond acceptors (Lipinski definition) is 31. The third-order valence-corrected chi connectivity index (χ3v) is 33.4. The van der Waals surface area contributed by atoms with Gasteiger partial charge >= 0.3 is 0 Å². The number of nitrogens with zero attached hydrogens (tertiary/aromatic N) is 10. The molecule has 0 aromatic carbocycles. The topological polar surface area (TPSA) is 339 Å². The van der Waals surface area contributed by atoms with Crippen LogP contribution in [-0.4, -0.2) is 112 Å². The zero-order chi connectivity index (χ0) is 85.4. The number of alkyl halides is 3. The Balaban J connectivity index is 0.000000131. The van der Waals surface area contributed by atoms with Gasteiger partial charge in [0, 0.05) is 156 Å². The van der Waals surface area contributed by atoms with Crippen LogP contribution >= 0.6 is 219 Å². The molecule has 0 saturated heterocycles. The summed E-state index contributed by atoms with van der Waals surface area (Å²) in [6.07, 6.45) is 18.9. The molecule has 0 bridgehead atoms. The van der Waals surface area contributed by atoms with Crippen LogP contribution in [0.4, 0.5) is 41.6 Å². The number of halogens is 11. The van der Waals surface area contributed by atoms with Gasteiger partial charge in [-0.05, 0) is 141 Å². The minimum absolute atomic E-state index is 0.0819. The van der Waals surface area contributed by atoms with E-state index >= 15 is 0 Å². The summed E-state index contributed by atoms with van der Waals surface area (Å²) in [5, 5.41) is 43.2. The summed E-state index contributed by atoms with van der Waals surface area (Å²) < 4.78 is 46.0. The Labute approximate surface area is 786 Å². The molecule has 0 amide bonds. The van der Waals surface area contributed by atoms with E-state index in [9.17, 15) is 13.2 Å². The maximum atomic E-state index is 12.9. The second-order valence-electron chi connectivity index (χ2n) is 28.2. The Kier molecular flexibility index (Phi) is 35.0.